The molecule has 0 unspecified atom stereocenters. The quantitative estimate of drug-likeness (QED) is 0.744. The maximum Gasteiger partial charge on any atom is 0.317 e. The van der Waals surface area contributed by atoms with Crippen LogP contribution in [0.3, 0.4) is 0 Å². The molecule has 3 rings (SSSR count). The Kier molecular flexibility index (Phi) is 3.15. The van der Waals surface area contributed by atoms with E-state index < -0.39 is 6.03 Å². The number of carbonyl (C=O) groups is 1. The summed E-state index contributed by atoms with van der Waals surface area (Å²) in [5, 5.41) is 10.8. The normalized spacial score (nSPS) is 15.6. The van der Waals surface area contributed by atoms with Crippen LogP contribution in [0.5, 0.6) is 0 Å². The number of carbonyl (C=O) groups excluding carboxylic acids is 1. The van der Waals surface area contributed by atoms with Crippen molar-refractivity contribution in [3.8, 4) is 0 Å². The maximum absolute atomic E-state index is 10.9. The maximum atomic E-state index is 10.9. The second-order valence-electron chi connectivity index (χ2n) is 4.65. The van der Waals surface area contributed by atoms with Crippen LogP contribution in [0, 0.1) is 6.92 Å². The van der Waals surface area contributed by atoms with Crippen molar-refractivity contribution in [1.82, 2.24) is 15.2 Å². The zero-order chi connectivity index (χ0) is 14.1. The first-order valence-electron chi connectivity index (χ1n) is 6.40. The largest absolute Gasteiger partial charge is 0.378 e. The third-order valence-electron chi connectivity index (χ3n) is 3.27. The van der Waals surface area contributed by atoms with Crippen molar-refractivity contribution in [1.29, 1.82) is 0 Å². The molecule has 0 bridgehead atoms. The minimum Gasteiger partial charge on any atom is -0.378 e. The van der Waals surface area contributed by atoms with Gasteiger partial charge in [-0.2, -0.15) is 5.10 Å². The number of aromatic nitrogens is 3. The number of ether oxygens (including phenoxy) is 1. The Morgan fingerprint density at radius 1 is 1.50 bits per heavy atom. The third kappa shape index (κ3) is 2.25. The summed E-state index contributed by atoms with van der Waals surface area (Å²) in [6.07, 6.45) is 0. The molecular formula is C12H16N6O2. The van der Waals surface area contributed by atoms with Gasteiger partial charge in [-0.25, -0.2) is 9.78 Å². The highest BCUT2D eigenvalue weighted by atomic mass is 16.5. The first-order chi connectivity index (χ1) is 9.65. The van der Waals surface area contributed by atoms with E-state index in [0.717, 1.165) is 35.5 Å². The van der Waals surface area contributed by atoms with Crippen molar-refractivity contribution in [2.24, 2.45) is 5.73 Å². The van der Waals surface area contributed by atoms with Crippen LogP contribution in [0.4, 0.5) is 16.4 Å². The molecule has 0 aliphatic carbocycles. The molecule has 8 nitrogen and oxygen atoms in total. The van der Waals surface area contributed by atoms with Crippen molar-refractivity contribution in [3.05, 3.63) is 11.8 Å². The van der Waals surface area contributed by atoms with Gasteiger partial charge in [0.2, 0.25) is 0 Å². The van der Waals surface area contributed by atoms with Crippen molar-refractivity contribution in [3.63, 3.8) is 0 Å². The lowest BCUT2D eigenvalue weighted by atomic mass is 10.2. The van der Waals surface area contributed by atoms with Crippen LogP contribution < -0.4 is 16.0 Å². The summed E-state index contributed by atoms with van der Waals surface area (Å²) in [6, 6.07) is 1.09. The molecule has 8 heteroatoms. The van der Waals surface area contributed by atoms with Gasteiger partial charge in [0.1, 0.15) is 5.82 Å². The fourth-order valence-electron chi connectivity index (χ4n) is 2.41. The van der Waals surface area contributed by atoms with Crippen molar-refractivity contribution < 1.29 is 9.53 Å². The number of fused-ring (bicyclic) bond motifs is 1. The van der Waals surface area contributed by atoms with E-state index >= 15 is 0 Å². The second kappa shape index (κ2) is 4.97. The lowest BCUT2D eigenvalue weighted by Gasteiger charge is -2.27. The van der Waals surface area contributed by atoms with Gasteiger partial charge in [0.05, 0.1) is 29.8 Å². The SMILES string of the molecule is Cc1nc(NC(N)=O)cc2[nH]nc(N3CCOCC3)c12. The number of anilines is 2. The molecule has 2 aromatic rings. The highest BCUT2D eigenvalue weighted by molar-refractivity contribution is 5.95. The molecule has 3 heterocycles. The smallest absolute Gasteiger partial charge is 0.317 e. The van der Waals surface area contributed by atoms with Crippen LogP contribution in [-0.2, 0) is 4.74 Å². The highest BCUT2D eigenvalue weighted by Crippen LogP contribution is 2.28. The Morgan fingerprint density at radius 3 is 2.95 bits per heavy atom. The molecule has 2 amide bonds. The molecule has 1 saturated heterocycles. The van der Waals surface area contributed by atoms with Crippen LogP contribution >= 0.6 is 0 Å². The number of hydrogen-bond acceptors (Lipinski definition) is 5. The van der Waals surface area contributed by atoms with Gasteiger partial charge in [-0.1, -0.05) is 0 Å². The summed E-state index contributed by atoms with van der Waals surface area (Å²) in [6.45, 7) is 4.89. The van der Waals surface area contributed by atoms with E-state index in [4.69, 9.17) is 10.5 Å². The zero-order valence-corrected chi connectivity index (χ0v) is 11.1. The lowest BCUT2D eigenvalue weighted by Crippen LogP contribution is -2.36. The van der Waals surface area contributed by atoms with Crippen molar-refractivity contribution in [2.75, 3.05) is 36.5 Å². The number of nitrogens with one attached hydrogen (secondary N) is 2. The van der Waals surface area contributed by atoms with Crippen molar-refractivity contribution >= 4 is 28.6 Å². The number of primary amides is 1. The summed E-state index contributed by atoms with van der Waals surface area (Å²) in [4.78, 5) is 17.4. The minimum atomic E-state index is -0.635. The van der Waals surface area contributed by atoms with Gasteiger partial charge in [0.25, 0.3) is 0 Å². The fourth-order valence-corrected chi connectivity index (χ4v) is 2.41. The summed E-state index contributed by atoms with van der Waals surface area (Å²) in [7, 11) is 0. The Bertz CT molecular complexity index is 647. The number of aryl methyl sites for hydroxylation is 1. The molecule has 20 heavy (non-hydrogen) atoms. The number of hydrogen-bond donors (Lipinski definition) is 3. The van der Waals surface area contributed by atoms with Gasteiger partial charge in [0, 0.05) is 19.2 Å². The number of aromatic amines is 1. The van der Waals surface area contributed by atoms with E-state index in [1.807, 2.05) is 6.92 Å². The van der Waals surface area contributed by atoms with Gasteiger partial charge in [0.15, 0.2) is 5.82 Å². The van der Waals surface area contributed by atoms with Gasteiger partial charge in [-0.15, -0.1) is 0 Å². The average molecular weight is 276 g/mol. The predicted molar refractivity (Wildman–Crippen MR) is 74.9 cm³/mol. The van der Waals surface area contributed by atoms with E-state index in [9.17, 15) is 4.79 Å². The first kappa shape index (κ1) is 12.7. The fraction of sp³-hybridized carbons (Fsp3) is 0.417. The summed E-state index contributed by atoms with van der Waals surface area (Å²) >= 11 is 0. The summed E-state index contributed by atoms with van der Waals surface area (Å²) in [5.41, 5.74) is 6.72. The molecule has 4 N–H and O–H groups in total. The minimum absolute atomic E-state index is 0.416. The van der Waals surface area contributed by atoms with E-state index in [1.165, 1.54) is 0 Å². The molecule has 106 valence electrons. The van der Waals surface area contributed by atoms with Gasteiger partial charge in [-0.3, -0.25) is 10.4 Å². The number of nitrogens with zero attached hydrogens (tertiary/aromatic N) is 3. The first-order valence-corrected chi connectivity index (χ1v) is 6.40. The average Bonchev–Trinajstić information content (AvgIpc) is 2.83. The molecule has 0 radical (unpaired) electrons. The molecular weight excluding hydrogens is 260 g/mol. The van der Waals surface area contributed by atoms with Gasteiger partial charge in [-0.05, 0) is 6.92 Å². The number of urea groups is 1. The Balaban J connectivity index is 2.01. The predicted octanol–water partition coefficient (Wildman–Crippen LogP) is 0.594. The summed E-state index contributed by atoms with van der Waals surface area (Å²) in [5.74, 6) is 1.29. The topological polar surface area (TPSA) is 109 Å². The molecule has 1 aliphatic rings. The number of pyridine rings is 1. The van der Waals surface area contributed by atoms with Crippen LogP contribution in [0.25, 0.3) is 10.9 Å². The molecule has 0 saturated carbocycles. The zero-order valence-electron chi connectivity index (χ0n) is 11.1. The van der Waals surface area contributed by atoms with Crippen LogP contribution in [-0.4, -0.2) is 47.5 Å². The molecule has 2 aromatic heterocycles. The molecule has 0 spiro atoms. The van der Waals surface area contributed by atoms with Gasteiger partial charge >= 0.3 is 6.03 Å². The number of H-pyrrole nitrogens is 1. The number of morpholine rings is 1. The van der Waals surface area contributed by atoms with Crippen LogP contribution in [0.1, 0.15) is 5.69 Å². The Morgan fingerprint density at radius 2 is 2.25 bits per heavy atom. The van der Waals surface area contributed by atoms with E-state index in [-0.39, 0.29) is 0 Å². The highest BCUT2D eigenvalue weighted by Gasteiger charge is 2.19. The third-order valence-corrected chi connectivity index (χ3v) is 3.27. The molecule has 1 aliphatic heterocycles. The number of rotatable bonds is 2. The standard InChI is InChI=1S/C12H16N6O2/c1-7-10-8(6-9(14-7)15-12(13)19)16-17-11(10)18-2-4-20-5-3-18/h6H,2-5H2,1H3,(H,16,17)(H3,13,14,15,19). The molecule has 0 aromatic carbocycles. The van der Waals surface area contributed by atoms with E-state index in [1.54, 1.807) is 6.07 Å². The number of amides is 2. The monoisotopic (exact) mass is 276 g/mol. The Labute approximate surface area is 115 Å². The number of nitrogens with two attached hydrogens (primary N) is 1. The van der Waals surface area contributed by atoms with E-state index in [2.05, 4.69) is 25.4 Å². The van der Waals surface area contributed by atoms with Gasteiger partial charge < -0.3 is 15.4 Å². The Hall–Kier alpha value is -2.35. The lowest BCUT2D eigenvalue weighted by molar-refractivity contribution is 0.122. The van der Waals surface area contributed by atoms with Crippen molar-refractivity contribution in [2.45, 2.75) is 6.92 Å². The molecule has 0 atom stereocenters. The molecule has 1 fully saturated rings. The van der Waals surface area contributed by atoms with Crippen LogP contribution in [0.2, 0.25) is 0 Å². The summed E-state index contributed by atoms with van der Waals surface area (Å²) < 4.78 is 5.35. The van der Waals surface area contributed by atoms with E-state index in [0.29, 0.717) is 19.0 Å². The second-order valence-corrected chi connectivity index (χ2v) is 4.65. The van der Waals surface area contributed by atoms with Crippen LogP contribution in [0.15, 0.2) is 6.07 Å².